The van der Waals surface area contributed by atoms with Gasteiger partial charge >= 0.3 is 12.3 Å². The molecule has 2 atom stereocenters. The Bertz CT molecular complexity index is 1100. The third-order valence-corrected chi connectivity index (χ3v) is 9.63. The quantitative estimate of drug-likeness (QED) is 0.0813. The van der Waals surface area contributed by atoms with Crippen molar-refractivity contribution < 1.29 is 33.3 Å². The average Bonchev–Trinajstić information content (AvgIpc) is 3.40. The predicted octanol–water partition coefficient (Wildman–Crippen LogP) is 9.70. The van der Waals surface area contributed by atoms with E-state index in [1.165, 1.54) is 12.1 Å². The first kappa shape index (κ1) is 35.6. The molecule has 0 aliphatic carbocycles. The monoisotopic (exact) mass is 619 g/mol. The van der Waals surface area contributed by atoms with Crippen molar-refractivity contribution in [2.75, 3.05) is 13.2 Å². The Morgan fingerprint density at radius 3 is 1.57 bits per heavy atom. The largest absolute Gasteiger partial charge is 0.513 e. The summed E-state index contributed by atoms with van der Waals surface area (Å²) in [6.45, 7) is 14.1. The molecule has 2 unspecified atom stereocenters. The van der Waals surface area contributed by atoms with Gasteiger partial charge in [-0.3, -0.25) is 4.79 Å². The van der Waals surface area contributed by atoms with Crippen LogP contribution < -0.4 is 9.47 Å². The number of ether oxygens (including phenoxy) is 4. The molecule has 1 aliphatic heterocycles. The van der Waals surface area contributed by atoms with Gasteiger partial charge in [-0.05, 0) is 36.8 Å². The highest BCUT2D eigenvalue weighted by Crippen LogP contribution is 2.59. The maximum absolute atomic E-state index is 13.0. The molecule has 0 saturated heterocycles. The van der Waals surface area contributed by atoms with Crippen LogP contribution in [0.2, 0.25) is 0 Å². The van der Waals surface area contributed by atoms with Gasteiger partial charge in [-0.1, -0.05) is 111 Å². The number of rotatable bonds is 15. The van der Waals surface area contributed by atoms with Crippen LogP contribution in [0.25, 0.3) is 0 Å². The number of fused-ring (bicyclic) bond motifs is 1. The first-order valence-electron chi connectivity index (χ1n) is 14.9. The van der Waals surface area contributed by atoms with Crippen LogP contribution in [0.4, 0.5) is 9.59 Å². The van der Waals surface area contributed by atoms with E-state index in [4.69, 9.17) is 18.9 Å². The zero-order valence-corrected chi connectivity index (χ0v) is 27.6. The number of allylic oxidation sites excluding steroid dienone is 1. The molecular formula is C32H45NO7S2. The van der Waals surface area contributed by atoms with Crippen LogP contribution in [-0.2, 0) is 14.3 Å². The predicted molar refractivity (Wildman–Crippen MR) is 166 cm³/mol. The summed E-state index contributed by atoms with van der Waals surface area (Å²) in [7, 11) is 0. The van der Waals surface area contributed by atoms with Crippen molar-refractivity contribution in [3.8, 4) is 17.6 Å². The van der Waals surface area contributed by atoms with Gasteiger partial charge in [-0.15, -0.1) is 0 Å². The van der Waals surface area contributed by atoms with E-state index < -0.39 is 17.7 Å². The summed E-state index contributed by atoms with van der Waals surface area (Å²) < 4.78 is 22.4. The highest BCUT2D eigenvalue weighted by molar-refractivity contribution is 8.24. The summed E-state index contributed by atoms with van der Waals surface area (Å²) in [5, 5.41) is 9.88. The minimum Gasteiger partial charge on any atom is -0.434 e. The zero-order chi connectivity index (χ0) is 31.3. The number of carbonyl (C=O) groups excluding carboxylic acids is 3. The van der Waals surface area contributed by atoms with Gasteiger partial charge in [0.2, 0.25) is 0 Å². The Morgan fingerprint density at radius 2 is 1.24 bits per heavy atom. The number of unbranched alkanes of at least 4 members (excludes halogenated alkanes) is 2. The molecule has 0 aromatic heterocycles. The van der Waals surface area contributed by atoms with Gasteiger partial charge in [-0.25, -0.2) is 9.59 Å². The minimum absolute atomic E-state index is 0.000762. The lowest BCUT2D eigenvalue weighted by atomic mass is 9.87. The molecule has 1 aromatic rings. The van der Waals surface area contributed by atoms with Crippen LogP contribution >= 0.6 is 23.5 Å². The van der Waals surface area contributed by atoms with Crippen molar-refractivity contribution in [1.29, 1.82) is 5.26 Å². The fraction of sp³-hybridized carbons (Fsp3) is 0.625. The lowest BCUT2D eigenvalue weighted by molar-refractivity contribution is -0.122. The van der Waals surface area contributed by atoms with Crippen molar-refractivity contribution in [2.24, 2.45) is 17.3 Å². The number of thioether (sulfide) groups is 2. The maximum Gasteiger partial charge on any atom is 0.513 e. The smallest absolute Gasteiger partial charge is 0.434 e. The lowest BCUT2D eigenvalue weighted by Gasteiger charge is -2.16. The molecule has 42 heavy (non-hydrogen) atoms. The molecule has 0 N–H and O–H groups in total. The summed E-state index contributed by atoms with van der Waals surface area (Å²) in [5.41, 5.74) is -0.777. The fourth-order valence-corrected chi connectivity index (χ4v) is 6.73. The zero-order valence-electron chi connectivity index (χ0n) is 26.0. The number of nitriles is 1. The second kappa shape index (κ2) is 17.5. The SMILES string of the molecule is CCCCC(CC)COC(=O)Oc1ccc(OC(=O)OCC(CC)CCCC)c2c1SC(=C(C#N)C(=O)C(C)(C)C)S2. The Hall–Kier alpha value is -2.64. The molecule has 232 valence electrons. The fourth-order valence-electron chi connectivity index (χ4n) is 4.16. The number of hydrogen-bond acceptors (Lipinski definition) is 10. The summed E-state index contributed by atoms with van der Waals surface area (Å²) in [6, 6.07) is 5.07. The molecule has 0 radical (unpaired) electrons. The Labute approximate surface area is 259 Å². The number of hydrogen-bond donors (Lipinski definition) is 0. The molecule has 10 heteroatoms. The number of Topliss-reactive ketones (excluding diaryl/α,β-unsaturated/α-hetero) is 1. The molecule has 0 amide bonds. The molecule has 1 heterocycles. The molecule has 1 aliphatic rings. The number of nitrogens with zero attached hydrogens (tertiary/aromatic N) is 1. The third-order valence-electron chi connectivity index (χ3n) is 7.00. The Balaban J connectivity index is 2.31. The third kappa shape index (κ3) is 10.6. The van der Waals surface area contributed by atoms with Gasteiger partial charge < -0.3 is 18.9 Å². The minimum atomic E-state index is -0.841. The second-order valence-electron chi connectivity index (χ2n) is 11.4. The number of carbonyl (C=O) groups is 3. The highest BCUT2D eigenvalue weighted by Gasteiger charge is 2.35. The van der Waals surface area contributed by atoms with E-state index in [0.29, 0.717) is 14.0 Å². The van der Waals surface area contributed by atoms with Crippen LogP contribution in [0.5, 0.6) is 11.5 Å². The van der Waals surface area contributed by atoms with Gasteiger partial charge in [0, 0.05) is 5.41 Å². The van der Waals surface area contributed by atoms with E-state index in [-0.39, 0.29) is 47.9 Å². The normalized spacial score (nSPS) is 13.9. The summed E-state index contributed by atoms with van der Waals surface area (Å²) in [5.74, 6) is 0.569. The van der Waals surface area contributed by atoms with Gasteiger partial charge in [0.05, 0.1) is 27.2 Å². The van der Waals surface area contributed by atoms with E-state index >= 15 is 0 Å². The summed E-state index contributed by atoms with van der Waals surface area (Å²) in [4.78, 5) is 39.3. The standard InChI is InChI=1S/C32H45NO7S2/c1-8-12-14-21(10-3)19-37-30(35)39-24-16-17-25(40-31(36)38-20-22(11-4)15-13-9-2)27-26(24)41-29(42-27)23(18-33)28(34)32(5,6)7/h16-17,21-22H,8-15,19-20H2,1-7H3. The van der Waals surface area contributed by atoms with Gasteiger partial charge in [0.15, 0.2) is 5.78 Å². The van der Waals surface area contributed by atoms with Crippen LogP contribution in [-0.4, -0.2) is 31.3 Å². The van der Waals surface area contributed by atoms with Crippen molar-refractivity contribution >= 4 is 41.6 Å². The van der Waals surface area contributed by atoms with Crippen molar-refractivity contribution in [2.45, 2.75) is 110 Å². The van der Waals surface area contributed by atoms with Gasteiger partial charge in [-0.2, -0.15) is 5.26 Å². The second-order valence-corrected chi connectivity index (χ2v) is 13.7. The maximum atomic E-state index is 13.0. The topological polar surface area (TPSA) is 112 Å². The van der Waals surface area contributed by atoms with Crippen molar-refractivity contribution in [3.63, 3.8) is 0 Å². The highest BCUT2D eigenvalue weighted by atomic mass is 32.2. The molecule has 0 spiro atoms. The lowest BCUT2D eigenvalue weighted by Crippen LogP contribution is -2.21. The van der Waals surface area contributed by atoms with E-state index in [9.17, 15) is 19.6 Å². The average molecular weight is 620 g/mol. The van der Waals surface area contributed by atoms with Crippen molar-refractivity contribution in [1.82, 2.24) is 0 Å². The van der Waals surface area contributed by atoms with E-state index in [0.717, 1.165) is 74.9 Å². The van der Waals surface area contributed by atoms with Gasteiger partial charge in [0.1, 0.15) is 23.1 Å². The molecule has 8 nitrogen and oxygen atoms in total. The van der Waals surface area contributed by atoms with Crippen molar-refractivity contribution in [3.05, 3.63) is 21.9 Å². The first-order valence-corrected chi connectivity index (χ1v) is 16.5. The van der Waals surface area contributed by atoms with E-state index in [2.05, 4.69) is 27.7 Å². The van der Waals surface area contributed by atoms with Crippen LogP contribution in [0.3, 0.4) is 0 Å². The Morgan fingerprint density at radius 1 is 0.810 bits per heavy atom. The van der Waals surface area contributed by atoms with Gasteiger partial charge in [0.25, 0.3) is 0 Å². The molecular weight excluding hydrogens is 574 g/mol. The molecule has 0 fully saturated rings. The summed E-state index contributed by atoms with van der Waals surface area (Å²) in [6.07, 6.45) is 6.29. The number of benzene rings is 1. The van der Waals surface area contributed by atoms with Crippen LogP contribution in [0.1, 0.15) is 99.8 Å². The van der Waals surface area contributed by atoms with E-state index in [1.54, 1.807) is 20.8 Å². The van der Waals surface area contributed by atoms with Crippen LogP contribution in [0, 0.1) is 28.6 Å². The molecule has 1 aromatic carbocycles. The van der Waals surface area contributed by atoms with E-state index in [1.807, 2.05) is 6.07 Å². The number of ketones is 1. The molecule has 2 rings (SSSR count). The van der Waals surface area contributed by atoms with Crippen LogP contribution in [0.15, 0.2) is 31.7 Å². The molecule has 0 saturated carbocycles. The first-order chi connectivity index (χ1) is 20.0. The molecule has 0 bridgehead atoms. The Kier molecular flexibility index (Phi) is 14.8. The summed E-state index contributed by atoms with van der Waals surface area (Å²) >= 11 is 2.26.